The fourth-order valence-electron chi connectivity index (χ4n) is 2.58. The van der Waals surface area contributed by atoms with Crippen molar-refractivity contribution in [3.8, 4) is 0 Å². The molecule has 0 atom stereocenters. The van der Waals surface area contributed by atoms with E-state index in [1.54, 1.807) is 36.7 Å². The summed E-state index contributed by atoms with van der Waals surface area (Å²) in [5, 5.41) is 5.66. The van der Waals surface area contributed by atoms with Crippen molar-refractivity contribution in [2.45, 2.75) is 23.9 Å². The molecule has 0 aliphatic heterocycles. The van der Waals surface area contributed by atoms with Crippen LogP contribution >= 0.6 is 11.8 Å². The summed E-state index contributed by atoms with van der Waals surface area (Å²) < 4.78 is 38.1. The summed E-state index contributed by atoms with van der Waals surface area (Å²) in [7, 11) is 0. The Morgan fingerprint density at radius 2 is 1.74 bits per heavy atom. The van der Waals surface area contributed by atoms with E-state index in [1.165, 1.54) is 30.8 Å². The van der Waals surface area contributed by atoms with Gasteiger partial charge in [-0.05, 0) is 54.1 Å². The lowest BCUT2D eigenvalue weighted by molar-refractivity contribution is -0.137. The molecule has 3 aromatic rings. The molecule has 6 nitrogen and oxygen atoms in total. The molecule has 0 aliphatic rings. The number of alkyl halides is 3. The first-order chi connectivity index (χ1) is 14.7. The highest BCUT2D eigenvalue weighted by Crippen LogP contribution is 2.30. The van der Waals surface area contributed by atoms with Crippen molar-refractivity contribution in [3.63, 3.8) is 0 Å². The van der Waals surface area contributed by atoms with Gasteiger partial charge >= 0.3 is 6.18 Å². The van der Waals surface area contributed by atoms with E-state index in [0.717, 1.165) is 17.7 Å². The molecule has 0 unspecified atom stereocenters. The third-order valence-electron chi connectivity index (χ3n) is 3.99. The summed E-state index contributed by atoms with van der Waals surface area (Å²) in [5.41, 5.74) is 0.609. The maximum absolute atomic E-state index is 12.7. The minimum atomic E-state index is -4.44. The quantitative estimate of drug-likeness (QED) is 0.521. The smallest absolute Gasteiger partial charge is 0.322 e. The number of nitrogens with zero attached hydrogens (tertiary/aromatic N) is 2. The highest BCUT2D eigenvalue weighted by Gasteiger charge is 2.30. The van der Waals surface area contributed by atoms with E-state index < -0.39 is 17.6 Å². The molecule has 0 aliphatic carbocycles. The average molecular weight is 446 g/mol. The van der Waals surface area contributed by atoms with Crippen LogP contribution in [0.2, 0.25) is 0 Å². The second-order valence-electron chi connectivity index (χ2n) is 6.40. The number of halogens is 3. The third-order valence-corrected chi connectivity index (χ3v) is 5.07. The molecule has 0 bridgehead atoms. The zero-order valence-electron chi connectivity index (χ0n) is 16.2. The number of amides is 2. The van der Waals surface area contributed by atoms with Crippen LogP contribution in [0.15, 0.2) is 66.0 Å². The number of pyridine rings is 2. The van der Waals surface area contributed by atoms with Gasteiger partial charge in [-0.15, -0.1) is 11.8 Å². The van der Waals surface area contributed by atoms with E-state index in [1.807, 2.05) is 0 Å². The number of nitrogens with one attached hydrogen (secondary N) is 2. The molecule has 0 saturated heterocycles. The molecule has 31 heavy (non-hydrogen) atoms. The molecule has 160 valence electrons. The number of aromatic nitrogens is 2. The molecule has 2 heterocycles. The zero-order chi connectivity index (χ0) is 22.4. The first-order valence-electron chi connectivity index (χ1n) is 9.01. The van der Waals surface area contributed by atoms with Gasteiger partial charge in [0.1, 0.15) is 10.8 Å². The van der Waals surface area contributed by atoms with Crippen molar-refractivity contribution in [2.75, 3.05) is 10.6 Å². The van der Waals surface area contributed by atoms with E-state index in [-0.39, 0.29) is 11.6 Å². The molecule has 0 spiro atoms. The van der Waals surface area contributed by atoms with Crippen molar-refractivity contribution in [1.29, 1.82) is 0 Å². The van der Waals surface area contributed by atoms with Gasteiger partial charge in [0.2, 0.25) is 5.91 Å². The number of rotatable bonds is 6. The predicted octanol–water partition coefficient (Wildman–Crippen LogP) is 5.00. The third kappa shape index (κ3) is 6.29. The Morgan fingerprint density at radius 3 is 2.42 bits per heavy atom. The molecule has 0 saturated carbocycles. The predicted molar refractivity (Wildman–Crippen MR) is 112 cm³/mol. The number of anilines is 2. The van der Waals surface area contributed by atoms with Crippen LogP contribution in [-0.4, -0.2) is 21.8 Å². The minimum absolute atomic E-state index is 0.232. The second-order valence-corrected chi connectivity index (χ2v) is 7.37. The maximum Gasteiger partial charge on any atom is 0.416 e. The largest absolute Gasteiger partial charge is 0.416 e. The molecule has 0 radical (unpaired) electrons. The zero-order valence-corrected chi connectivity index (χ0v) is 17.1. The molecule has 2 N–H and O–H groups in total. The van der Waals surface area contributed by atoms with Gasteiger partial charge in [0.15, 0.2) is 0 Å². The molecule has 3 rings (SSSR count). The van der Waals surface area contributed by atoms with Crippen molar-refractivity contribution >= 4 is 35.1 Å². The first kappa shape index (κ1) is 22.3. The van der Waals surface area contributed by atoms with Gasteiger partial charge in [-0.2, -0.15) is 13.2 Å². The molecule has 10 heteroatoms. The van der Waals surface area contributed by atoms with E-state index in [4.69, 9.17) is 0 Å². The van der Waals surface area contributed by atoms with Gasteiger partial charge in [-0.3, -0.25) is 9.59 Å². The first-order valence-corrected chi connectivity index (χ1v) is 10.00. The molecular weight excluding hydrogens is 429 g/mol. The Hall–Kier alpha value is -3.40. The standard InChI is InChI=1S/C21H17F3N4O2S/c1-13(29)27-18-11-14(8-10-25-18)12-31-20-17(3-2-9-26-20)19(30)28-16-6-4-15(5-7-16)21(22,23)24/h2-11H,12H2,1H3,(H,28,30)(H,25,27,29). The van der Waals surface area contributed by atoms with Crippen LogP contribution in [0.4, 0.5) is 24.7 Å². The summed E-state index contributed by atoms with van der Waals surface area (Å²) in [6, 6.07) is 10.9. The van der Waals surface area contributed by atoms with Gasteiger partial charge in [0.25, 0.3) is 5.91 Å². The van der Waals surface area contributed by atoms with Gasteiger partial charge in [0.05, 0.1) is 11.1 Å². The number of benzene rings is 1. The lowest BCUT2D eigenvalue weighted by atomic mass is 10.2. The Morgan fingerprint density at radius 1 is 1.00 bits per heavy atom. The Balaban J connectivity index is 1.70. The summed E-state index contributed by atoms with van der Waals surface area (Å²) in [6.45, 7) is 1.39. The van der Waals surface area contributed by atoms with Gasteiger partial charge in [-0.1, -0.05) is 0 Å². The number of hydrogen-bond donors (Lipinski definition) is 2. The molecule has 2 aromatic heterocycles. The van der Waals surface area contributed by atoms with Crippen LogP contribution in [-0.2, 0) is 16.7 Å². The fraction of sp³-hybridized carbons (Fsp3) is 0.143. The lowest BCUT2D eigenvalue weighted by Gasteiger charge is -2.11. The van der Waals surface area contributed by atoms with Crippen molar-refractivity contribution in [1.82, 2.24) is 9.97 Å². The molecule has 0 fully saturated rings. The monoisotopic (exact) mass is 446 g/mol. The summed E-state index contributed by atoms with van der Waals surface area (Å²) in [5.74, 6) is 0.173. The highest BCUT2D eigenvalue weighted by molar-refractivity contribution is 7.98. The van der Waals surface area contributed by atoms with Crippen LogP contribution in [0.25, 0.3) is 0 Å². The molecule has 1 aromatic carbocycles. The van der Waals surface area contributed by atoms with Crippen LogP contribution in [0.1, 0.15) is 28.4 Å². The maximum atomic E-state index is 12.7. The van der Waals surface area contributed by atoms with Crippen LogP contribution in [0, 0.1) is 0 Å². The molecular formula is C21H17F3N4O2S. The fourth-order valence-corrected chi connectivity index (χ4v) is 3.52. The number of carbonyl (C=O) groups is 2. The average Bonchev–Trinajstić information content (AvgIpc) is 2.72. The topological polar surface area (TPSA) is 84.0 Å². The summed E-state index contributed by atoms with van der Waals surface area (Å²) >= 11 is 1.31. The van der Waals surface area contributed by atoms with Gasteiger partial charge in [0, 0.05) is 30.8 Å². The SMILES string of the molecule is CC(=O)Nc1cc(CSc2ncccc2C(=O)Nc2ccc(C(F)(F)F)cc2)ccn1. The number of hydrogen-bond acceptors (Lipinski definition) is 5. The Kier molecular flexibility index (Phi) is 6.91. The number of thioether (sulfide) groups is 1. The lowest BCUT2D eigenvalue weighted by Crippen LogP contribution is -2.14. The number of carbonyl (C=O) groups excluding carboxylic acids is 2. The van der Waals surface area contributed by atoms with E-state index in [2.05, 4.69) is 20.6 Å². The van der Waals surface area contributed by atoms with Crippen molar-refractivity contribution < 1.29 is 22.8 Å². The van der Waals surface area contributed by atoms with Crippen LogP contribution < -0.4 is 10.6 Å². The summed E-state index contributed by atoms with van der Waals surface area (Å²) in [4.78, 5) is 32.1. The second kappa shape index (κ2) is 9.61. The normalized spacial score (nSPS) is 11.1. The van der Waals surface area contributed by atoms with E-state index in [0.29, 0.717) is 22.2 Å². The Bertz CT molecular complexity index is 1090. The highest BCUT2D eigenvalue weighted by atomic mass is 32.2. The van der Waals surface area contributed by atoms with Crippen LogP contribution in [0.5, 0.6) is 0 Å². The molecule has 2 amide bonds. The van der Waals surface area contributed by atoms with E-state index >= 15 is 0 Å². The van der Waals surface area contributed by atoms with Crippen LogP contribution in [0.3, 0.4) is 0 Å². The van der Waals surface area contributed by atoms with E-state index in [9.17, 15) is 22.8 Å². The Labute approximate surface area is 180 Å². The van der Waals surface area contributed by atoms with Gasteiger partial charge in [-0.25, -0.2) is 9.97 Å². The van der Waals surface area contributed by atoms with Gasteiger partial charge < -0.3 is 10.6 Å². The van der Waals surface area contributed by atoms with Crippen molar-refractivity contribution in [2.24, 2.45) is 0 Å². The summed E-state index contributed by atoms with van der Waals surface area (Å²) in [6.07, 6.45) is -1.33. The van der Waals surface area contributed by atoms with Crippen molar-refractivity contribution in [3.05, 3.63) is 77.6 Å². The minimum Gasteiger partial charge on any atom is -0.322 e.